The number of esters is 1. The molecule has 0 aliphatic carbocycles. The molecular formula is C22H19FN2O2. The van der Waals surface area contributed by atoms with E-state index >= 15 is 0 Å². The van der Waals surface area contributed by atoms with Crippen molar-refractivity contribution in [1.82, 2.24) is 0 Å². The highest BCUT2D eigenvalue weighted by Gasteiger charge is 2.11. The number of nitrogens with zero attached hydrogens (tertiary/aromatic N) is 2. The first kappa shape index (κ1) is 19.9. The van der Waals surface area contributed by atoms with Crippen LogP contribution in [0.3, 0.4) is 0 Å². The van der Waals surface area contributed by atoms with Gasteiger partial charge in [-0.25, -0.2) is 9.18 Å². The lowest BCUT2D eigenvalue weighted by molar-refractivity contribution is -0.128. The zero-order chi connectivity index (χ0) is 19.6. The maximum Gasteiger partial charge on any atom is 0.337 e. The zero-order valence-electron chi connectivity index (χ0n) is 15.0. The van der Waals surface area contributed by atoms with Crippen LogP contribution in [0, 0.1) is 28.5 Å². The number of carbonyl (C=O) groups excluding carboxylic acids is 1. The summed E-state index contributed by atoms with van der Waals surface area (Å²) in [6.07, 6.45) is 5.48. The van der Waals surface area contributed by atoms with Crippen LogP contribution in [0.4, 0.5) is 4.39 Å². The number of allylic oxidation sites excluding steroid dienone is 1. The second-order valence-corrected chi connectivity index (χ2v) is 6.00. The van der Waals surface area contributed by atoms with Gasteiger partial charge >= 0.3 is 5.97 Å². The average molecular weight is 362 g/mol. The number of ether oxygens (including phenoxy) is 1. The predicted molar refractivity (Wildman–Crippen MR) is 100 cm³/mol. The summed E-state index contributed by atoms with van der Waals surface area (Å²) in [5.41, 5.74) is 1.85. The van der Waals surface area contributed by atoms with Crippen LogP contribution in [0.1, 0.15) is 42.9 Å². The third-order valence-electron chi connectivity index (χ3n) is 3.99. The summed E-state index contributed by atoms with van der Waals surface area (Å²) in [6, 6.07) is 14.5. The van der Waals surface area contributed by atoms with Gasteiger partial charge in [-0.05, 0) is 42.2 Å². The molecular weight excluding hydrogens is 343 g/mol. The summed E-state index contributed by atoms with van der Waals surface area (Å²) in [7, 11) is 0. The second-order valence-electron chi connectivity index (χ2n) is 6.00. The van der Waals surface area contributed by atoms with Crippen molar-refractivity contribution >= 4 is 11.5 Å². The number of aryl methyl sites for hydroxylation is 1. The van der Waals surface area contributed by atoms with E-state index < -0.39 is 11.8 Å². The molecule has 2 aromatic rings. The van der Waals surface area contributed by atoms with Gasteiger partial charge in [-0.3, -0.25) is 0 Å². The summed E-state index contributed by atoms with van der Waals surface area (Å²) in [4.78, 5) is 12.1. The normalized spacial score (nSPS) is 10.7. The van der Waals surface area contributed by atoms with Gasteiger partial charge in [-0.15, -0.1) is 0 Å². The molecule has 4 nitrogen and oxygen atoms in total. The lowest BCUT2D eigenvalue weighted by Crippen LogP contribution is -2.06. The van der Waals surface area contributed by atoms with E-state index in [2.05, 4.69) is 6.92 Å². The molecule has 2 rings (SSSR count). The van der Waals surface area contributed by atoms with Gasteiger partial charge < -0.3 is 4.74 Å². The number of hydrogen-bond acceptors (Lipinski definition) is 4. The SMILES string of the molecule is CCCCCc1ccc(C(C#N)=CC(=O)Oc2ccc(F)cc2C#N)cc1. The predicted octanol–water partition coefficient (Wildman–Crippen LogP) is 4.94. The van der Waals surface area contributed by atoms with E-state index in [-0.39, 0.29) is 16.9 Å². The van der Waals surface area contributed by atoms with Crippen LogP contribution in [-0.4, -0.2) is 5.97 Å². The van der Waals surface area contributed by atoms with Crippen LogP contribution in [0.5, 0.6) is 5.75 Å². The summed E-state index contributed by atoms with van der Waals surface area (Å²) in [5.74, 6) is -1.45. The third kappa shape index (κ3) is 5.80. The second kappa shape index (κ2) is 9.89. The molecule has 2 aromatic carbocycles. The maximum atomic E-state index is 13.1. The Morgan fingerprint density at radius 2 is 1.89 bits per heavy atom. The van der Waals surface area contributed by atoms with Crippen molar-refractivity contribution in [3.8, 4) is 17.9 Å². The van der Waals surface area contributed by atoms with E-state index in [0.29, 0.717) is 5.56 Å². The van der Waals surface area contributed by atoms with Crippen molar-refractivity contribution in [1.29, 1.82) is 10.5 Å². The smallest absolute Gasteiger partial charge is 0.337 e. The van der Waals surface area contributed by atoms with E-state index in [4.69, 9.17) is 10.00 Å². The average Bonchev–Trinajstić information content (AvgIpc) is 2.68. The molecule has 0 aliphatic rings. The van der Waals surface area contributed by atoms with Gasteiger partial charge in [0.2, 0.25) is 0 Å². The Morgan fingerprint density at radius 1 is 1.15 bits per heavy atom. The molecule has 0 atom stereocenters. The fourth-order valence-corrected chi connectivity index (χ4v) is 2.54. The molecule has 0 aromatic heterocycles. The molecule has 0 unspecified atom stereocenters. The summed E-state index contributed by atoms with van der Waals surface area (Å²) >= 11 is 0. The maximum absolute atomic E-state index is 13.1. The standard InChI is InChI=1S/C22H19FN2O2/c1-2-3-4-5-16-6-8-17(9-7-16)18(14-24)13-22(26)27-21-11-10-20(23)12-19(21)15-25/h6-13H,2-5H2,1H3. The van der Waals surface area contributed by atoms with Gasteiger partial charge in [0.15, 0.2) is 0 Å². The van der Waals surface area contributed by atoms with Crippen molar-refractivity contribution in [3.63, 3.8) is 0 Å². The molecule has 0 spiro atoms. The fraction of sp³-hybridized carbons (Fsp3) is 0.227. The first-order chi connectivity index (χ1) is 13.1. The molecule has 0 bridgehead atoms. The Hall–Kier alpha value is -3.44. The monoisotopic (exact) mass is 362 g/mol. The third-order valence-corrected chi connectivity index (χ3v) is 3.99. The number of benzene rings is 2. The van der Waals surface area contributed by atoms with E-state index in [1.807, 2.05) is 18.2 Å². The van der Waals surface area contributed by atoms with Crippen LogP contribution >= 0.6 is 0 Å². The molecule has 0 N–H and O–H groups in total. The van der Waals surface area contributed by atoms with E-state index in [9.17, 15) is 14.4 Å². The molecule has 0 saturated heterocycles. The van der Waals surface area contributed by atoms with Crippen molar-refractivity contribution in [2.75, 3.05) is 0 Å². The molecule has 136 valence electrons. The van der Waals surface area contributed by atoms with Gasteiger partial charge in [0, 0.05) is 6.08 Å². The quantitative estimate of drug-likeness (QED) is 0.230. The van der Waals surface area contributed by atoms with Gasteiger partial charge in [0.05, 0.1) is 11.1 Å². The molecule has 0 radical (unpaired) electrons. The first-order valence-corrected chi connectivity index (χ1v) is 8.70. The molecule has 0 aliphatic heterocycles. The minimum Gasteiger partial charge on any atom is -0.422 e. The Bertz CT molecular complexity index is 919. The molecule has 0 fully saturated rings. The van der Waals surface area contributed by atoms with E-state index in [1.54, 1.807) is 18.2 Å². The Balaban J connectivity index is 2.12. The largest absolute Gasteiger partial charge is 0.422 e. The lowest BCUT2D eigenvalue weighted by Gasteiger charge is -2.05. The number of rotatable bonds is 7. The van der Waals surface area contributed by atoms with Crippen LogP contribution in [-0.2, 0) is 11.2 Å². The highest BCUT2D eigenvalue weighted by atomic mass is 19.1. The molecule has 0 heterocycles. The van der Waals surface area contributed by atoms with Gasteiger partial charge in [0.25, 0.3) is 0 Å². The van der Waals surface area contributed by atoms with Crippen molar-refractivity contribution in [2.24, 2.45) is 0 Å². The Morgan fingerprint density at radius 3 is 2.52 bits per heavy atom. The topological polar surface area (TPSA) is 73.9 Å². The van der Waals surface area contributed by atoms with Crippen molar-refractivity contribution in [2.45, 2.75) is 32.6 Å². The minimum atomic E-state index is -0.804. The summed E-state index contributed by atoms with van der Waals surface area (Å²) < 4.78 is 18.2. The highest BCUT2D eigenvalue weighted by Crippen LogP contribution is 2.20. The van der Waals surface area contributed by atoms with Crippen LogP contribution in [0.2, 0.25) is 0 Å². The Labute approximate surface area is 158 Å². The molecule has 0 saturated carbocycles. The number of unbranched alkanes of at least 4 members (excludes halogenated alkanes) is 2. The molecule has 0 amide bonds. The number of carbonyl (C=O) groups is 1. The van der Waals surface area contributed by atoms with Crippen molar-refractivity contribution in [3.05, 3.63) is 71.0 Å². The van der Waals surface area contributed by atoms with E-state index in [1.165, 1.54) is 18.1 Å². The summed E-state index contributed by atoms with van der Waals surface area (Å²) in [5, 5.41) is 18.3. The van der Waals surface area contributed by atoms with Gasteiger partial charge in [-0.2, -0.15) is 10.5 Å². The van der Waals surface area contributed by atoms with Crippen LogP contribution in [0.25, 0.3) is 5.57 Å². The van der Waals surface area contributed by atoms with Gasteiger partial charge in [-0.1, -0.05) is 44.0 Å². The number of halogens is 1. The van der Waals surface area contributed by atoms with Crippen LogP contribution in [0.15, 0.2) is 48.5 Å². The van der Waals surface area contributed by atoms with Crippen LogP contribution < -0.4 is 4.74 Å². The summed E-state index contributed by atoms with van der Waals surface area (Å²) in [6.45, 7) is 2.15. The lowest BCUT2D eigenvalue weighted by atomic mass is 10.0. The zero-order valence-corrected chi connectivity index (χ0v) is 15.0. The minimum absolute atomic E-state index is 0.0521. The highest BCUT2D eigenvalue weighted by molar-refractivity contribution is 5.96. The van der Waals surface area contributed by atoms with Crippen molar-refractivity contribution < 1.29 is 13.9 Å². The first-order valence-electron chi connectivity index (χ1n) is 8.70. The van der Waals surface area contributed by atoms with Gasteiger partial charge in [0.1, 0.15) is 23.7 Å². The van der Waals surface area contributed by atoms with E-state index in [0.717, 1.165) is 37.5 Å². The number of hydrogen-bond donors (Lipinski definition) is 0. The number of nitriles is 2. The fourth-order valence-electron chi connectivity index (χ4n) is 2.54. The molecule has 27 heavy (non-hydrogen) atoms. The Kier molecular flexibility index (Phi) is 7.28. The molecule has 5 heteroatoms.